The van der Waals surface area contributed by atoms with Crippen molar-refractivity contribution in [2.24, 2.45) is 5.92 Å². The van der Waals surface area contributed by atoms with Gasteiger partial charge in [0.15, 0.2) is 0 Å². The SMILES string of the molecule is Cc1ccccc1[C@]1(CC(=O)N2C[C@H]3CCC[C@H]2C3)CC(=O)N(Cc2ccccc2)C1=O. The Kier molecular flexibility index (Phi) is 5.36. The first-order chi connectivity index (χ1) is 15.5. The zero-order valence-electron chi connectivity index (χ0n) is 18.6. The number of imide groups is 1. The molecule has 5 rings (SSSR count). The molecule has 166 valence electrons. The molecule has 0 aromatic heterocycles. The summed E-state index contributed by atoms with van der Waals surface area (Å²) in [5.41, 5.74) is 1.55. The molecule has 3 amide bonds. The van der Waals surface area contributed by atoms with E-state index in [9.17, 15) is 14.4 Å². The zero-order valence-corrected chi connectivity index (χ0v) is 18.6. The minimum absolute atomic E-state index is 0.0189. The Morgan fingerprint density at radius 1 is 1.03 bits per heavy atom. The van der Waals surface area contributed by atoms with Gasteiger partial charge in [-0.3, -0.25) is 19.3 Å². The second-order valence-corrected chi connectivity index (χ2v) is 9.75. The lowest BCUT2D eigenvalue weighted by atomic mass is 9.74. The van der Waals surface area contributed by atoms with Crippen LogP contribution in [0.3, 0.4) is 0 Å². The number of nitrogens with zero attached hydrogens (tertiary/aromatic N) is 2. The minimum Gasteiger partial charge on any atom is -0.339 e. The first-order valence-corrected chi connectivity index (χ1v) is 11.7. The third-order valence-corrected chi connectivity index (χ3v) is 7.68. The molecule has 2 aromatic rings. The van der Waals surface area contributed by atoms with E-state index in [-0.39, 0.29) is 37.1 Å². The van der Waals surface area contributed by atoms with Crippen molar-refractivity contribution in [3.63, 3.8) is 0 Å². The highest BCUT2D eigenvalue weighted by Gasteiger charge is 2.55. The molecular weight excluding hydrogens is 400 g/mol. The summed E-state index contributed by atoms with van der Waals surface area (Å²) in [6.45, 7) is 3.00. The third-order valence-electron chi connectivity index (χ3n) is 7.68. The largest absolute Gasteiger partial charge is 0.339 e. The van der Waals surface area contributed by atoms with E-state index < -0.39 is 5.41 Å². The van der Waals surface area contributed by atoms with Gasteiger partial charge in [-0.05, 0) is 48.8 Å². The lowest BCUT2D eigenvalue weighted by Crippen LogP contribution is -2.44. The fourth-order valence-corrected chi connectivity index (χ4v) is 6.08. The van der Waals surface area contributed by atoms with Gasteiger partial charge in [-0.1, -0.05) is 61.0 Å². The first kappa shape index (κ1) is 20.9. The van der Waals surface area contributed by atoms with E-state index in [1.807, 2.05) is 66.4 Å². The van der Waals surface area contributed by atoms with Gasteiger partial charge in [0.05, 0.1) is 12.0 Å². The number of hydrogen-bond acceptors (Lipinski definition) is 3. The van der Waals surface area contributed by atoms with E-state index in [1.165, 1.54) is 17.7 Å². The molecule has 2 aromatic carbocycles. The molecule has 1 saturated carbocycles. The third kappa shape index (κ3) is 3.54. The second kappa shape index (κ2) is 8.19. The van der Waals surface area contributed by atoms with E-state index >= 15 is 0 Å². The Morgan fingerprint density at radius 2 is 1.78 bits per heavy atom. The molecule has 1 aliphatic carbocycles. The summed E-state index contributed by atoms with van der Waals surface area (Å²) >= 11 is 0. The molecule has 2 heterocycles. The van der Waals surface area contributed by atoms with Gasteiger partial charge < -0.3 is 4.90 Å². The van der Waals surface area contributed by atoms with Crippen LogP contribution in [0.4, 0.5) is 0 Å². The van der Waals surface area contributed by atoms with Gasteiger partial charge in [-0.2, -0.15) is 0 Å². The fraction of sp³-hybridized carbons (Fsp3) is 0.444. The Balaban J connectivity index is 1.49. The average molecular weight is 431 g/mol. The zero-order chi connectivity index (χ0) is 22.3. The highest BCUT2D eigenvalue weighted by Crippen LogP contribution is 2.44. The van der Waals surface area contributed by atoms with Crippen LogP contribution in [-0.4, -0.2) is 40.1 Å². The number of carbonyl (C=O) groups is 3. The van der Waals surface area contributed by atoms with Crippen molar-refractivity contribution in [2.45, 2.75) is 63.5 Å². The molecule has 0 unspecified atom stereocenters. The smallest absolute Gasteiger partial charge is 0.241 e. The molecule has 5 heteroatoms. The van der Waals surface area contributed by atoms with E-state index in [0.29, 0.717) is 12.0 Å². The molecule has 0 radical (unpaired) electrons. The molecule has 32 heavy (non-hydrogen) atoms. The van der Waals surface area contributed by atoms with Gasteiger partial charge in [0.2, 0.25) is 17.7 Å². The molecule has 2 bridgehead atoms. The molecule has 0 spiro atoms. The van der Waals surface area contributed by atoms with Gasteiger partial charge in [0.1, 0.15) is 0 Å². The Hall–Kier alpha value is -2.95. The summed E-state index contributed by atoms with van der Waals surface area (Å²) < 4.78 is 0. The second-order valence-electron chi connectivity index (χ2n) is 9.75. The van der Waals surface area contributed by atoms with E-state index in [0.717, 1.165) is 36.1 Å². The normalized spacial score (nSPS) is 27.3. The van der Waals surface area contributed by atoms with Crippen molar-refractivity contribution < 1.29 is 14.4 Å². The highest BCUT2D eigenvalue weighted by atomic mass is 16.2. The van der Waals surface area contributed by atoms with Crippen molar-refractivity contribution in [1.29, 1.82) is 0 Å². The number of rotatable bonds is 5. The molecule has 3 aliphatic rings. The number of likely N-dealkylation sites (tertiary alicyclic amines) is 2. The van der Waals surface area contributed by atoms with E-state index in [4.69, 9.17) is 0 Å². The maximum atomic E-state index is 13.9. The molecule has 3 atom stereocenters. The molecule has 5 nitrogen and oxygen atoms in total. The summed E-state index contributed by atoms with van der Waals surface area (Å²) in [6, 6.07) is 17.6. The topological polar surface area (TPSA) is 57.7 Å². The van der Waals surface area contributed by atoms with Gasteiger partial charge >= 0.3 is 0 Å². The number of fused-ring (bicyclic) bond motifs is 2. The Labute approximate surface area is 189 Å². The molecule has 0 N–H and O–H groups in total. The van der Waals surface area contributed by atoms with E-state index in [1.54, 1.807) is 0 Å². The molecule has 2 saturated heterocycles. The number of hydrogen-bond donors (Lipinski definition) is 0. The van der Waals surface area contributed by atoms with Gasteiger partial charge in [-0.15, -0.1) is 0 Å². The lowest BCUT2D eigenvalue weighted by Gasteiger charge is -2.32. The van der Waals surface area contributed by atoms with Crippen molar-refractivity contribution in [3.05, 3.63) is 71.3 Å². The van der Waals surface area contributed by atoms with Crippen molar-refractivity contribution in [2.75, 3.05) is 6.54 Å². The van der Waals surface area contributed by atoms with Crippen molar-refractivity contribution in [3.8, 4) is 0 Å². The summed E-state index contributed by atoms with van der Waals surface area (Å²) in [6.07, 6.45) is 4.60. The summed E-state index contributed by atoms with van der Waals surface area (Å²) in [7, 11) is 0. The standard InChI is InChI=1S/C27H30N2O3/c1-19-8-5-6-13-23(19)27(15-24(30)28-18-21-11-7-12-22(28)14-21)16-25(31)29(26(27)32)17-20-9-3-2-4-10-20/h2-6,8-10,13,21-22H,7,11-12,14-18H2,1H3/t21-,22-,27-/m0/s1. The highest BCUT2D eigenvalue weighted by molar-refractivity contribution is 6.10. The Morgan fingerprint density at radius 3 is 2.53 bits per heavy atom. The van der Waals surface area contributed by atoms with Gasteiger partial charge in [0, 0.05) is 25.4 Å². The number of aryl methyl sites for hydroxylation is 1. The molecule has 2 aliphatic heterocycles. The maximum absolute atomic E-state index is 13.9. The summed E-state index contributed by atoms with van der Waals surface area (Å²) in [4.78, 5) is 44.0. The maximum Gasteiger partial charge on any atom is 0.241 e. The predicted octanol–water partition coefficient (Wildman–Crippen LogP) is 3.98. The minimum atomic E-state index is -1.12. The van der Waals surface area contributed by atoms with Crippen LogP contribution >= 0.6 is 0 Å². The van der Waals surface area contributed by atoms with Crippen LogP contribution in [0.2, 0.25) is 0 Å². The van der Waals surface area contributed by atoms with Gasteiger partial charge in [0.25, 0.3) is 0 Å². The van der Waals surface area contributed by atoms with Crippen LogP contribution in [0.1, 0.15) is 55.2 Å². The van der Waals surface area contributed by atoms with Crippen LogP contribution < -0.4 is 0 Å². The summed E-state index contributed by atoms with van der Waals surface area (Å²) in [5, 5.41) is 0. The number of carbonyl (C=O) groups excluding carboxylic acids is 3. The molecular formula is C27H30N2O3. The van der Waals surface area contributed by atoms with Crippen LogP contribution in [0, 0.1) is 12.8 Å². The van der Waals surface area contributed by atoms with E-state index in [2.05, 4.69) is 0 Å². The van der Waals surface area contributed by atoms with Crippen molar-refractivity contribution in [1.82, 2.24) is 9.80 Å². The molecule has 3 fully saturated rings. The quantitative estimate of drug-likeness (QED) is 0.674. The van der Waals surface area contributed by atoms with Crippen LogP contribution in [0.25, 0.3) is 0 Å². The van der Waals surface area contributed by atoms with Crippen LogP contribution in [0.15, 0.2) is 54.6 Å². The van der Waals surface area contributed by atoms with Crippen LogP contribution in [0.5, 0.6) is 0 Å². The fourth-order valence-electron chi connectivity index (χ4n) is 6.08. The number of benzene rings is 2. The van der Waals surface area contributed by atoms with Crippen molar-refractivity contribution >= 4 is 17.7 Å². The number of amides is 3. The monoisotopic (exact) mass is 430 g/mol. The van der Waals surface area contributed by atoms with Crippen LogP contribution in [-0.2, 0) is 26.3 Å². The summed E-state index contributed by atoms with van der Waals surface area (Å²) in [5.74, 6) is 0.166. The Bertz CT molecular complexity index is 1050. The lowest BCUT2D eigenvalue weighted by molar-refractivity contribution is -0.143. The first-order valence-electron chi connectivity index (χ1n) is 11.7. The average Bonchev–Trinajstić information content (AvgIpc) is 3.22. The predicted molar refractivity (Wildman–Crippen MR) is 122 cm³/mol. The van der Waals surface area contributed by atoms with Gasteiger partial charge in [-0.25, -0.2) is 0 Å².